The summed E-state index contributed by atoms with van der Waals surface area (Å²) in [5.41, 5.74) is 1.47. The number of benzene rings is 2. The van der Waals surface area contributed by atoms with Gasteiger partial charge in [-0.25, -0.2) is 8.42 Å². The van der Waals surface area contributed by atoms with Gasteiger partial charge in [0.2, 0.25) is 0 Å². The summed E-state index contributed by atoms with van der Waals surface area (Å²) in [5.74, 6) is -0.0760. The fourth-order valence-electron chi connectivity index (χ4n) is 2.24. The number of methoxy groups -OCH3 is 1. The first-order chi connectivity index (χ1) is 13.3. The normalized spacial score (nSPS) is 11.1. The van der Waals surface area contributed by atoms with E-state index in [2.05, 4.69) is 10.0 Å². The summed E-state index contributed by atoms with van der Waals surface area (Å²) >= 11 is 6.12. The molecule has 2 rings (SSSR count). The fourth-order valence-corrected chi connectivity index (χ4v) is 3.62. The average Bonchev–Trinajstić information content (AvgIpc) is 2.66. The first-order valence-electron chi connectivity index (χ1n) is 8.59. The Kier molecular flexibility index (Phi) is 8.10. The average molecular weight is 427 g/mol. The van der Waals surface area contributed by atoms with Gasteiger partial charge >= 0.3 is 0 Å². The van der Waals surface area contributed by atoms with Crippen molar-refractivity contribution in [3.05, 3.63) is 53.1 Å². The quantitative estimate of drug-likeness (QED) is 0.569. The van der Waals surface area contributed by atoms with Crippen LogP contribution in [0.15, 0.2) is 47.4 Å². The predicted octanol–water partition coefficient (Wildman–Crippen LogP) is 2.98. The molecule has 0 bridgehead atoms. The van der Waals surface area contributed by atoms with Gasteiger partial charge in [0.15, 0.2) is 6.61 Å². The summed E-state index contributed by atoms with van der Waals surface area (Å²) in [6.07, 6.45) is 0.698. The lowest BCUT2D eigenvalue weighted by molar-refractivity contribution is -0.123. The Bertz CT molecular complexity index is 901. The van der Waals surface area contributed by atoms with Crippen molar-refractivity contribution in [2.75, 3.05) is 31.6 Å². The van der Waals surface area contributed by atoms with Crippen molar-refractivity contribution in [2.45, 2.75) is 18.2 Å². The number of ether oxygens (including phenoxy) is 2. The molecule has 28 heavy (non-hydrogen) atoms. The van der Waals surface area contributed by atoms with Gasteiger partial charge in [0.25, 0.3) is 15.9 Å². The Balaban J connectivity index is 1.97. The van der Waals surface area contributed by atoms with Crippen molar-refractivity contribution in [3.63, 3.8) is 0 Å². The molecule has 7 nitrogen and oxygen atoms in total. The van der Waals surface area contributed by atoms with Crippen molar-refractivity contribution < 1.29 is 22.7 Å². The first-order valence-corrected chi connectivity index (χ1v) is 10.5. The van der Waals surface area contributed by atoms with Crippen LogP contribution in [0.25, 0.3) is 0 Å². The van der Waals surface area contributed by atoms with Gasteiger partial charge in [-0.1, -0.05) is 29.3 Å². The lowest BCUT2D eigenvalue weighted by atomic mass is 10.2. The molecule has 0 aliphatic heterocycles. The zero-order valence-corrected chi connectivity index (χ0v) is 17.3. The van der Waals surface area contributed by atoms with Crippen LogP contribution in [0.2, 0.25) is 5.02 Å². The van der Waals surface area contributed by atoms with Crippen LogP contribution in [0, 0.1) is 6.92 Å². The lowest BCUT2D eigenvalue weighted by Gasteiger charge is -2.12. The summed E-state index contributed by atoms with van der Waals surface area (Å²) < 4.78 is 37.8. The largest absolute Gasteiger partial charge is 0.482 e. The van der Waals surface area contributed by atoms with Gasteiger partial charge in [0.1, 0.15) is 5.75 Å². The second-order valence-corrected chi connectivity index (χ2v) is 8.14. The number of carbonyl (C=O) groups is 1. The minimum atomic E-state index is -3.80. The molecule has 0 fully saturated rings. The number of hydrogen-bond acceptors (Lipinski definition) is 5. The maximum absolute atomic E-state index is 12.5. The molecule has 0 atom stereocenters. The third-order valence-corrected chi connectivity index (χ3v) is 5.40. The van der Waals surface area contributed by atoms with E-state index in [1.807, 2.05) is 19.1 Å². The second-order valence-electron chi connectivity index (χ2n) is 6.05. The molecule has 0 radical (unpaired) electrons. The van der Waals surface area contributed by atoms with Gasteiger partial charge in [-0.2, -0.15) is 0 Å². The molecule has 9 heteroatoms. The number of nitrogens with one attached hydrogen (secondary N) is 2. The molecule has 0 spiro atoms. The number of anilines is 1. The van der Waals surface area contributed by atoms with Crippen LogP contribution < -0.4 is 14.8 Å². The highest BCUT2D eigenvalue weighted by Crippen LogP contribution is 2.28. The molecule has 2 aromatic carbocycles. The third-order valence-electron chi connectivity index (χ3n) is 3.72. The standard InChI is InChI=1S/C19H23ClN2O5S/c1-14-4-6-15(7-5-14)22-28(24,25)16-8-9-18(17(20)12-16)27-13-19(23)21-10-3-11-26-2/h4-9,12,22H,3,10-11,13H2,1-2H3,(H,21,23). The number of halogens is 1. The number of carbonyl (C=O) groups excluding carboxylic acids is 1. The number of sulfonamides is 1. The van der Waals surface area contributed by atoms with E-state index in [4.69, 9.17) is 21.1 Å². The van der Waals surface area contributed by atoms with E-state index < -0.39 is 10.0 Å². The van der Waals surface area contributed by atoms with Gasteiger partial charge < -0.3 is 14.8 Å². The highest BCUT2D eigenvalue weighted by molar-refractivity contribution is 7.92. The molecule has 0 saturated carbocycles. The Labute approximate surface area is 170 Å². The molecule has 0 aromatic heterocycles. The van der Waals surface area contributed by atoms with E-state index in [1.54, 1.807) is 19.2 Å². The molecule has 2 aromatic rings. The SMILES string of the molecule is COCCCNC(=O)COc1ccc(S(=O)(=O)Nc2ccc(C)cc2)cc1Cl. The molecule has 0 heterocycles. The third kappa shape index (κ3) is 6.70. The Hall–Kier alpha value is -2.29. The zero-order valence-electron chi connectivity index (χ0n) is 15.7. The number of hydrogen-bond donors (Lipinski definition) is 2. The van der Waals surface area contributed by atoms with Gasteiger partial charge in [-0.3, -0.25) is 9.52 Å². The molecule has 152 valence electrons. The monoisotopic (exact) mass is 426 g/mol. The van der Waals surface area contributed by atoms with Crippen molar-refractivity contribution in [2.24, 2.45) is 0 Å². The minimum absolute atomic E-state index is 0.00515. The van der Waals surface area contributed by atoms with Crippen LogP contribution >= 0.6 is 11.6 Å². The van der Waals surface area contributed by atoms with E-state index in [0.29, 0.717) is 25.3 Å². The molecule has 1 amide bonds. The Morgan fingerprint density at radius 2 is 1.86 bits per heavy atom. The molecular formula is C19H23ClN2O5S. The predicted molar refractivity (Wildman–Crippen MR) is 108 cm³/mol. The van der Waals surface area contributed by atoms with Gasteiger partial charge in [-0.15, -0.1) is 0 Å². The van der Waals surface area contributed by atoms with Crippen molar-refractivity contribution >= 4 is 33.2 Å². The zero-order chi connectivity index (χ0) is 20.6. The topological polar surface area (TPSA) is 93.7 Å². The van der Waals surface area contributed by atoms with E-state index in [9.17, 15) is 13.2 Å². The van der Waals surface area contributed by atoms with Crippen molar-refractivity contribution in [1.29, 1.82) is 0 Å². The molecule has 0 unspecified atom stereocenters. The summed E-state index contributed by atoms with van der Waals surface area (Å²) in [4.78, 5) is 11.7. The Morgan fingerprint density at radius 3 is 2.50 bits per heavy atom. The molecular weight excluding hydrogens is 404 g/mol. The van der Waals surface area contributed by atoms with Crippen LogP contribution in [0.4, 0.5) is 5.69 Å². The van der Waals surface area contributed by atoms with Gasteiger partial charge in [0.05, 0.1) is 9.92 Å². The molecule has 2 N–H and O–H groups in total. The summed E-state index contributed by atoms with van der Waals surface area (Å²) in [6.45, 7) is 2.72. The smallest absolute Gasteiger partial charge is 0.261 e. The van der Waals surface area contributed by atoms with E-state index >= 15 is 0 Å². The Morgan fingerprint density at radius 1 is 1.14 bits per heavy atom. The maximum atomic E-state index is 12.5. The number of rotatable bonds is 10. The van der Waals surface area contributed by atoms with Crippen LogP contribution in [-0.2, 0) is 19.6 Å². The van der Waals surface area contributed by atoms with E-state index in [1.165, 1.54) is 18.2 Å². The molecule has 0 aliphatic rings. The van der Waals surface area contributed by atoms with Crippen LogP contribution in [-0.4, -0.2) is 41.2 Å². The number of aryl methyl sites for hydroxylation is 1. The minimum Gasteiger partial charge on any atom is -0.482 e. The molecule has 0 saturated heterocycles. The van der Waals surface area contributed by atoms with Gasteiger partial charge in [-0.05, 0) is 43.7 Å². The van der Waals surface area contributed by atoms with Crippen LogP contribution in [0.1, 0.15) is 12.0 Å². The second kappa shape index (κ2) is 10.3. The van der Waals surface area contributed by atoms with Crippen molar-refractivity contribution in [3.8, 4) is 5.75 Å². The van der Waals surface area contributed by atoms with Crippen LogP contribution in [0.5, 0.6) is 5.75 Å². The van der Waals surface area contributed by atoms with Gasteiger partial charge in [0, 0.05) is 25.9 Å². The maximum Gasteiger partial charge on any atom is 0.261 e. The number of amides is 1. The fraction of sp³-hybridized carbons (Fsp3) is 0.316. The summed E-state index contributed by atoms with van der Waals surface area (Å²) in [7, 11) is -2.20. The van der Waals surface area contributed by atoms with E-state index in [-0.39, 0.29) is 28.2 Å². The summed E-state index contributed by atoms with van der Waals surface area (Å²) in [6, 6.07) is 11.0. The molecule has 0 aliphatic carbocycles. The van der Waals surface area contributed by atoms with Crippen LogP contribution in [0.3, 0.4) is 0 Å². The highest BCUT2D eigenvalue weighted by atomic mass is 35.5. The summed E-state index contributed by atoms with van der Waals surface area (Å²) in [5, 5.41) is 2.78. The van der Waals surface area contributed by atoms with E-state index in [0.717, 1.165) is 5.56 Å². The first kappa shape index (κ1) is 22.0. The highest BCUT2D eigenvalue weighted by Gasteiger charge is 2.17. The van der Waals surface area contributed by atoms with Crippen molar-refractivity contribution in [1.82, 2.24) is 5.32 Å². The lowest BCUT2D eigenvalue weighted by Crippen LogP contribution is -2.30.